The second kappa shape index (κ2) is 4.51. The zero-order valence-corrected chi connectivity index (χ0v) is 10.1. The summed E-state index contributed by atoms with van der Waals surface area (Å²) in [6.07, 6.45) is 2.89. The van der Waals surface area contributed by atoms with Gasteiger partial charge in [-0.25, -0.2) is 4.79 Å². The number of rotatable bonds is 3. The second-order valence-electron chi connectivity index (χ2n) is 4.57. The van der Waals surface area contributed by atoms with E-state index in [-0.39, 0.29) is 0 Å². The molecule has 0 aliphatic rings. The third-order valence-corrected chi connectivity index (χ3v) is 2.11. The predicted molar refractivity (Wildman–Crippen MR) is 60.7 cm³/mol. The molecule has 1 heterocycles. The van der Waals surface area contributed by atoms with Gasteiger partial charge < -0.3 is 9.72 Å². The fourth-order valence-corrected chi connectivity index (χ4v) is 1.47. The molecule has 0 aliphatic heterocycles. The number of carbonyl (C=O) groups excluding carboxylic acids is 2. The van der Waals surface area contributed by atoms with Crippen molar-refractivity contribution in [1.82, 2.24) is 4.98 Å². The van der Waals surface area contributed by atoms with Crippen molar-refractivity contribution in [3.63, 3.8) is 0 Å². The van der Waals surface area contributed by atoms with Crippen LogP contribution < -0.4 is 0 Å². The summed E-state index contributed by atoms with van der Waals surface area (Å²) in [6, 6.07) is 0. The van der Waals surface area contributed by atoms with E-state index in [9.17, 15) is 9.59 Å². The van der Waals surface area contributed by atoms with Gasteiger partial charge >= 0.3 is 5.97 Å². The van der Waals surface area contributed by atoms with Crippen LogP contribution in [0.15, 0.2) is 6.20 Å². The number of H-pyrrole nitrogens is 1. The van der Waals surface area contributed by atoms with Gasteiger partial charge in [-0.1, -0.05) is 6.92 Å². The lowest BCUT2D eigenvalue weighted by Crippen LogP contribution is -2.24. The first-order chi connectivity index (χ1) is 7.39. The van der Waals surface area contributed by atoms with E-state index >= 15 is 0 Å². The van der Waals surface area contributed by atoms with Crippen LogP contribution in [0.5, 0.6) is 0 Å². The maximum absolute atomic E-state index is 11.8. The van der Waals surface area contributed by atoms with Crippen molar-refractivity contribution in [1.29, 1.82) is 0 Å². The van der Waals surface area contributed by atoms with Crippen LogP contribution in [-0.4, -0.2) is 22.8 Å². The van der Waals surface area contributed by atoms with Gasteiger partial charge in [-0.15, -0.1) is 0 Å². The molecule has 4 nitrogen and oxygen atoms in total. The van der Waals surface area contributed by atoms with Crippen LogP contribution in [0.2, 0.25) is 0 Å². The first-order valence-electron chi connectivity index (χ1n) is 5.27. The summed E-state index contributed by atoms with van der Waals surface area (Å²) < 4.78 is 5.24. The van der Waals surface area contributed by atoms with Crippen LogP contribution >= 0.6 is 0 Å². The molecule has 1 aromatic rings. The Morgan fingerprint density at radius 1 is 1.50 bits per heavy atom. The molecule has 0 atom stereocenters. The molecule has 0 fully saturated rings. The molecule has 0 spiro atoms. The minimum atomic E-state index is -0.533. The average molecular weight is 223 g/mol. The fourth-order valence-electron chi connectivity index (χ4n) is 1.47. The number of aldehydes is 1. The summed E-state index contributed by atoms with van der Waals surface area (Å²) in [5.41, 5.74) is 1.07. The van der Waals surface area contributed by atoms with Gasteiger partial charge in [0.1, 0.15) is 11.3 Å². The molecule has 0 radical (unpaired) electrons. The van der Waals surface area contributed by atoms with E-state index in [2.05, 4.69) is 4.98 Å². The molecule has 0 aliphatic carbocycles. The highest BCUT2D eigenvalue weighted by Gasteiger charge is 2.22. The Morgan fingerprint density at radius 3 is 2.56 bits per heavy atom. The number of ether oxygens (including phenoxy) is 1. The number of esters is 1. The van der Waals surface area contributed by atoms with Gasteiger partial charge in [0.25, 0.3) is 0 Å². The minimum absolute atomic E-state index is 0.375. The van der Waals surface area contributed by atoms with E-state index in [0.29, 0.717) is 23.2 Å². The van der Waals surface area contributed by atoms with Crippen molar-refractivity contribution in [2.24, 2.45) is 0 Å². The molecule has 0 unspecified atom stereocenters. The molecule has 1 aromatic heterocycles. The number of hydrogen-bond acceptors (Lipinski definition) is 3. The van der Waals surface area contributed by atoms with Gasteiger partial charge in [0.15, 0.2) is 6.29 Å². The Labute approximate surface area is 95.0 Å². The van der Waals surface area contributed by atoms with Crippen molar-refractivity contribution in [3.05, 3.63) is 23.0 Å². The SMILES string of the molecule is CCc1c(C=O)c[nH]c1C(=O)OC(C)(C)C. The zero-order valence-electron chi connectivity index (χ0n) is 10.1. The normalized spacial score (nSPS) is 11.2. The zero-order chi connectivity index (χ0) is 12.3. The molecule has 0 saturated carbocycles. The number of aromatic nitrogens is 1. The largest absolute Gasteiger partial charge is 0.455 e. The van der Waals surface area contributed by atoms with E-state index < -0.39 is 11.6 Å². The van der Waals surface area contributed by atoms with Crippen molar-refractivity contribution < 1.29 is 14.3 Å². The monoisotopic (exact) mass is 223 g/mol. The van der Waals surface area contributed by atoms with E-state index in [1.165, 1.54) is 6.20 Å². The Bertz CT molecular complexity index is 399. The van der Waals surface area contributed by atoms with Crippen molar-refractivity contribution in [2.45, 2.75) is 39.7 Å². The van der Waals surface area contributed by atoms with E-state index in [1.54, 1.807) is 20.8 Å². The highest BCUT2D eigenvalue weighted by molar-refractivity contribution is 5.93. The van der Waals surface area contributed by atoms with Crippen LogP contribution in [0.4, 0.5) is 0 Å². The summed E-state index contributed by atoms with van der Waals surface area (Å²) in [7, 11) is 0. The van der Waals surface area contributed by atoms with Gasteiger partial charge in [0.2, 0.25) is 0 Å². The second-order valence-corrected chi connectivity index (χ2v) is 4.57. The first-order valence-corrected chi connectivity index (χ1v) is 5.27. The van der Waals surface area contributed by atoms with Gasteiger partial charge in [-0.3, -0.25) is 4.79 Å². The molecular formula is C12H17NO3. The lowest BCUT2D eigenvalue weighted by atomic mass is 10.1. The van der Waals surface area contributed by atoms with Gasteiger partial charge in [-0.05, 0) is 32.8 Å². The Kier molecular flexibility index (Phi) is 3.52. The molecule has 1 N–H and O–H groups in total. The third kappa shape index (κ3) is 2.72. The topological polar surface area (TPSA) is 59.2 Å². The molecule has 0 amide bonds. The molecule has 0 saturated heterocycles. The lowest BCUT2D eigenvalue weighted by Gasteiger charge is -2.19. The van der Waals surface area contributed by atoms with Crippen LogP contribution in [0.3, 0.4) is 0 Å². The van der Waals surface area contributed by atoms with Gasteiger partial charge in [0.05, 0.1) is 0 Å². The van der Waals surface area contributed by atoms with Crippen LogP contribution in [0.1, 0.15) is 54.1 Å². The summed E-state index contributed by atoms with van der Waals surface area (Å²) in [5, 5.41) is 0. The highest BCUT2D eigenvalue weighted by Crippen LogP contribution is 2.17. The first kappa shape index (κ1) is 12.5. The van der Waals surface area contributed by atoms with Gasteiger partial charge in [-0.2, -0.15) is 0 Å². The van der Waals surface area contributed by atoms with Crippen LogP contribution in [0.25, 0.3) is 0 Å². The third-order valence-electron chi connectivity index (χ3n) is 2.11. The van der Waals surface area contributed by atoms with Crippen LogP contribution in [0, 0.1) is 0 Å². The molecule has 88 valence electrons. The van der Waals surface area contributed by atoms with E-state index in [4.69, 9.17) is 4.74 Å². The van der Waals surface area contributed by atoms with E-state index in [1.807, 2.05) is 6.92 Å². The molecular weight excluding hydrogens is 206 g/mol. The Hall–Kier alpha value is -1.58. The summed E-state index contributed by atoms with van der Waals surface area (Å²) in [5.74, 6) is -0.419. The smallest absolute Gasteiger partial charge is 0.355 e. The number of hydrogen-bond donors (Lipinski definition) is 1. The minimum Gasteiger partial charge on any atom is -0.455 e. The molecule has 0 bridgehead atoms. The molecule has 4 heteroatoms. The maximum Gasteiger partial charge on any atom is 0.355 e. The summed E-state index contributed by atoms with van der Waals surface area (Å²) in [4.78, 5) is 25.3. The number of carbonyl (C=O) groups is 2. The lowest BCUT2D eigenvalue weighted by molar-refractivity contribution is 0.00624. The van der Waals surface area contributed by atoms with Gasteiger partial charge in [0, 0.05) is 11.8 Å². The Balaban J connectivity index is 3.00. The Morgan fingerprint density at radius 2 is 2.12 bits per heavy atom. The standard InChI is InChI=1S/C12H17NO3/c1-5-9-8(7-14)6-13-10(9)11(15)16-12(2,3)4/h6-7,13H,5H2,1-4H3. The fraction of sp³-hybridized carbons (Fsp3) is 0.500. The van der Waals surface area contributed by atoms with E-state index in [0.717, 1.165) is 6.29 Å². The van der Waals surface area contributed by atoms with Crippen molar-refractivity contribution >= 4 is 12.3 Å². The quantitative estimate of drug-likeness (QED) is 0.632. The molecule has 1 rings (SSSR count). The number of aromatic amines is 1. The average Bonchev–Trinajstić information content (AvgIpc) is 2.57. The maximum atomic E-state index is 11.8. The predicted octanol–water partition coefficient (Wildman–Crippen LogP) is 2.34. The summed E-state index contributed by atoms with van der Waals surface area (Å²) >= 11 is 0. The summed E-state index contributed by atoms with van der Waals surface area (Å²) in [6.45, 7) is 7.31. The van der Waals surface area contributed by atoms with Crippen LogP contribution in [-0.2, 0) is 11.2 Å². The van der Waals surface area contributed by atoms with Crippen molar-refractivity contribution in [2.75, 3.05) is 0 Å². The number of nitrogens with one attached hydrogen (secondary N) is 1. The molecule has 0 aromatic carbocycles. The molecule has 16 heavy (non-hydrogen) atoms. The highest BCUT2D eigenvalue weighted by atomic mass is 16.6. The van der Waals surface area contributed by atoms with Crippen molar-refractivity contribution in [3.8, 4) is 0 Å².